The molecule has 18 heavy (non-hydrogen) atoms. The van der Waals surface area contributed by atoms with Gasteiger partial charge in [-0.05, 0) is 43.0 Å². The number of rotatable bonds is 3. The number of carbonyl (C=O) groups is 1. The highest BCUT2D eigenvalue weighted by Gasteiger charge is 2.25. The maximum Gasteiger partial charge on any atom is 0.227 e. The molecule has 0 spiro atoms. The van der Waals surface area contributed by atoms with E-state index in [4.69, 9.17) is 0 Å². The Hall–Kier alpha value is -1.38. The zero-order valence-electron chi connectivity index (χ0n) is 10.8. The second-order valence-corrected chi connectivity index (χ2v) is 5.18. The number of halogens is 1. The molecule has 1 aromatic rings. The van der Waals surface area contributed by atoms with Gasteiger partial charge in [-0.25, -0.2) is 4.39 Å². The van der Waals surface area contributed by atoms with Crippen molar-refractivity contribution in [2.24, 2.45) is 11.8 Å². The number of benzene rings is 1. The molecule has 1 amide bonds. The summed E-state index contributed by atoms with van der Waals surface area (Å²) >= 11 is 0. The largest absolute Gasteiger partial charge is 0.326 e. The zero-order chi connectivity index (χ0) is 13.0. The van der Waals surface area contributed by atoms with Crippen LogP contribution in [0, 0.1) is 17.7 Å². The van der Waals surface area contributed by atoms with Gasteiger partial charge in [-0.3, -0.25) is 4.79 Å². The summed E-state index contributed by atoms with van der Waals surface area (Å²) in [6.45, 7) is 1.99. The average Bonchev–Trinajstić information content (AvgIpc) is 2.41. The van der Waals surface area contributed by atoms with Crippen LogP contribution in [0.2, 0.25) is 0 Å². The van der Waals surface area contributed by atoms with Crippen molar-refractivity contribution < 1.29 is 9.18 Å². The van der Waals surface area contributed by atoms with Crippen molar-refractivity contribution in [1.82, 2.24) is 0 Å². The monoisotopic (exact) mass is 249 g/mol. The van der Waals surface area contributed by atoms with Crippen molar-refractivity contribution >= 4 is 11.6 Å². The Labute approximate surface area is 108 Å². The Kier molecular flexibility index (Phi) is 4.34. The molecule has 1 N–H and O–H groups in total. The molecule has 0 heterocycles. The summed E-state index contributed by atoms with van der Waals surface area (Å²) in [7, 11) is 0. The molecule has 1 aliphatic carbocycles. The van der Waals surface area contributed by atoms with Crippen LogP contribution in [0.4, 0.5) is 10.1 Å². The Balaban J connectivity index is 1.92. The van der Waals surface area contributed by atoms with Crippen molar-refractivity contribution in [3.8, 4) is 0 Å². The minimum Gasteiger partial charge on any atom is -0.326 e. The molecule has 1 aliphatic rings. The van der Waals surface area contributed by atoms with Gasteiger partial charge >= 0.3 is 0 Å². The molecule has 1 unspecified atom stereocenters. The average molecular weight is 249 g/mol. The summed E-state index contributed by atoms with van der Waals surface area (Å²) in [5.41, 5.74) is 0.670. The van der Waals surface area contributed by atoms with Gasteiger partial charge in [0.25, 0.3) is 0 Å². The maximum atomic E-state index is 12.8. The van der Waals surface area contributed by atoms with E-state index in [1.165, 1.54) is 31.4 Å². The second kappa shape index (κ2) is 5.98. The molecule has 0 aromatic heterocycles. The highest BCUT2D eigenvalue weighted by atomic mass is 19.1. The van der Waals surface area contributed by atoms with Crippen molar-refractivity contribution in [2.45, 2.75) is 39.0 Å². The molecule has 2 rings (SSSR count). The van der Waals surface area contributed by atoms with Crippen molar-refractivity contribution in [2.75, 3.05) is 5.32 Å². The lowest BCUT2D eigenvalue weighted by Gasteiger charge is -2.26. The normalized spacial score (nSPS) is 18.3. The van der Waals surface area contributed by atoms with E-state index >= 15 is 0 Å². The van der Waals surface area contributed by atoms with Gasteiger partial charge in [0.05, 0.1) is 0 Å². The van der Waals surface area contributed by atoms with Gasteiger partial charge in [0, 0.05) is 11.6 Å². The van der Waals surface area contributed by atoms with Crippen LogP contribution in [0.5, 0.6) is 0 Å². The van der Waals surface area contributed by atoms with Crippen LogP contribution >= 0.6 is 0 Å². The summed E-state index contributed by atoms with van der Waals surface area (Å²) in [5.74, 6) is 0.302. The SMILES string of the molecule is CC(C(=O)Nc1ccc(F)cc1)C1CCCCC1. The molecule has 0 aliphatic heterocycles. The Morgan fingerprint density at radius 1 is 1.22 bits per heavy atom. The number of nitrogens with one attached hydrogen (secondary N) is 1. The molecular weight excluding hydrogens is 229 g/mol. The topological polar surface area (TPSA) is 29.1 Å². The minimum atomic E-state index is -0.284. The number of amides is 1. The van der Waals surface area contributed by atoms with E-state index in [1.54, 1.807) is 12.1 Å². The van der Waals surface area contributed by atoms with Crippen molar-refractivity contribution in [1.29, 1.82) is 0 Å². The van der Waals surface area contributed by atoms with Crippen LogP contribution in [-0.4, -0.2) is 5.91 Å². The van der Waals surface area contributed by atoms with Crippen LogP contribution in [0.15, 0.2) is 24.3 Å². The lowest BCUT2D eigenvalue weighted by atomic mass is 9.80. The van der Waals surface area contributed by atoms with Crippen LogP contribution in [0.1, 0.15) is 39.0 Å². The highest BCUT2D eigenvalue weighted by Crippen LogP contribution is 2.30. The fraction of sp³-hybridized carbons (Fsp3) is 0.533. The van der Waals surface area contributed by atoms with Crippen LogP contribution < -0.4 is 5.32 Å². The smallest absolute Gasteiger partial charge is 0.227 e. The lowest BCUT2D eigenvalue weighted by molar-refractivity contribution is -0.121. The van der Waals surface area contributed by atoms with Crippen molar-refractivity contribution in [3.05, 3.63) is 30.1 Å². The molecule has 98 valence electrons. The predicted octanol–water partition coefficient (Wildman–Crippen LogP) is 3.98. The molecule has 1 saturated carbocycles. The predicted molar refractivity (Wildman–Crippen MR) is 70.8 cm³/mol. The molecular formula is C15H20FNO. The summed E-state index contributed by atoms with van der Waals surface area (Å²) < 4.78 is 12.8. The highest BCUT2D eigenvalue weighted by molar-refractivity contribution is 5.92. The van der Waals surface area contributed by atoms with E-state index in [0.717, 1.165) is 12.8 Å². The van der Waals surface area contributed by atoms with E-state index in [1.807, 2.05) is 6.92 Å². The summed E-state index contributed by atoms with van der Waals surface area (Å²) in [4.78, 5) is 12.1. The Morgan fingerprint density at radius 3 is 2.44 bits per heavy atom. The Morgan fingerprint density at radius 2 is 1.83 bits per heavy atom. The van der Waals surface area contributed by atoms with Crippen LogP contribution in [-0.2, 0) is 4.79 Å². The first kappa shape index (κ1) is 13.1. The zero-order valence-corrected chi connectivity index (χ0v) is 10.8. The summed E-state index contributed by atoms with van der Waals surface area (Å²) in [6.07, 6.45) is 6.07. The van der Waals surface area contributed by atoms with Gasteiger partial charge in [-0.15, -0.1) is 0 Å². The first-order valence-corrected chi connectivity index (χ1v) is 6.73. The third-order valence-corrected chi connectivity index (χ3v) is 3.88. The third kappa shape index (κ3) is 3.31. The molecule has 1 fully saturated rings. The molecule has 2 nitrogen and oxygen atoms in total. The van der Waals surface area contributed by atoms with Crippen LogP contribution in [0.25, 0.3) is 0 Å². The molecule has 1 aromatic carbocycles. The molecule has 3 heteroatoms. The summed E-state index contributed by atoms with van der Waals surface area (Å²) in [5, 5.41) is 2.86. The molecule has 0 bridgehead atoms. The maximum absolute atomic E-state index is 12.8. The van der Waals surface area contributed by atoms with E-state index in [0.29, 0.717) is 11.6 Å². The standard InChI is InChI=1S/C15H20FNO/c1-11(12-5-3-2-4-6-12)15(18)17-14-9-7-13(16)8-10-14/h7-12H,2-6H2,1H3,(H,17,18). The quantitative estimate of drug-likeness (QED) is 0.862. The van der Waals surface area contributed by atoms with E-state index in [-0.39, 0.29) is 17.6 Å². The van der Waals surface area contributed by atoms with E-state index < -0.39 is 0 Å². The van der Waals surface area contributed by atoms with Crippen molar-refractivity contribution in [3.63, 3.8) is 0 Å². The molecule has 0 radical (unpaired) electrons. The van der Waals surface area contributed by atoms with Crippen LogP contribution in [0.3, 0.4) is 0 Å². The minimum absolute atomic E-state index is 0.0374. The number of carbonyl (C=O) groups excluding carboxylic acids is 1. The third-order valence-electron chi connectivity index (χ3n) is 3.88. The Bertz CT molecular complexity index is 395. The van der Waals surface area contributed by atoms with Gasteiger partial charge in [0.1, 0.15) is 5.82 Å². The summed E-state index contributed by atoms with van der Waals surface area (Å²) in [6, 6.07) is 5.92. The first-order valence-electron chi connectivity index (χ1n) is 6.73. The fourth-order valence-electron chi connectivity index (χ4n) is 2.64. The molecule has 1 atom stereocenters. The van der Waals surface area contributed by atoms with E-state index in [9.17, 15) is 9.18 Å². The fourth-order valence-corrected chi connectivity index (χ4v) is 2.64. The van der Waals surface area contributed by atoms with Gasteiger partial charge in [-0.1, -0.05) is 26.2 Å². The number of hydrogen-bond acceptors (Lipinski definition) is 1. The molecule has 0 saturated heterocycles. The first-order chi connectivity index (χ1) is 8.66. The second-order valence-electron chi connectivity index (χ2n) is 5.18. The number of hydrogen-bond donors (Lipinski definition) is 1. The van der Waals surface area contributed by atoms with Gasteiger partial charge in [0.2, 0.25) is 5.91 Å². The van der Waals surface area contributed by atoms with E-state index in [2.05, 4.69) is 5.32 Å². The van der Waals surface area contributed by atoms with Gasteiger partial charge < -0.3 is 5.32 Å². The van der Waals surface area contributed by atoms with Gasteiger partial charge in [-0.2, -0.15) is 0 Å². The van der Waals surface area contributed by atoms with Gasteiger partial charge in [0.15, 0.2) is 0 Å². The number of anilines is 1. The lowest BCUT2D eigenvalue weighted by Crippen LogP contribution is -2.28.